The van der Waals surface area contributed by atoms with Crippen molar-refractivity contribution >= 4 is 23.1 Å². The van der Waals surface area contributed by atoms with E-state index in [0.29, 0.717) is 18.2 Å². The first-order chi connectivity index (χ1) is 15.8. The zero-order valence-corrected chi connectivity index (χ0v) is 20.0. The van der Waals surface area contributed by atoms with Crippen molar-refractivity contribution in [3.63, 3.8) is 0 Å². The minimum absolute atomic E-state index is 0.156. The number of pyridine rings is 1. The van der Waals surface area contributed by atoms with Crippen LogP contribution in [0.5, 0.6) is 5.75 Å². The number of ether oxygens (including phenoxy) is 1. The molecule has 0 aliphatic rings. The van der Waals surface area contributed by atoms with Crippen LogP contribution in [0.2, 0.25) is 0 Å². The van der Waals surface area contributed by atoms with Crippen LogP contribution in [-0.2, 0) is 16.6 Å². The van der Waals surface area contributed by atoms with Crippen molar-refractivity contribution in [3.8, 4) is 22.1 Å². The van der Waals surface area contributed by atoms with Crippen molar-refractivity contribution < 1.29 is 9.53 Å². The van der Waals surface area contributed by atoms with Crippen LogP contribution < -0.4 is 10.1 Å². The molecule has 0 saturated heterocycles. The Morgan fingerprint density at radius 3 is 2.61 bits per heavy atom. The number of hydrogen-bond donors (Lipinski definition) is 1. The summed E-state index contributed by atoms with van der Waals surface area (Å²) in [5, 5.41) is 10.5. The van der Waals surface area contributed by atoms with Crippen LogP contribution in [0.3, 0.4) is 0 Å². The van der Waals surface area contributed by atoms with E-state index in [9.17, 15) is 4.79 Å². The molecule has 4 aromatic rings. The Morgan fingerprint density at radius 2 is 1.94 bits per heavy atom. The number of hydrogen-bond acceptors (Lipinski definition) is 6. The lowest BCUT2D eigenvalue weighted by molar-refractivity contribution is -0.115. The lowest BCUT2D eigenvalue weighted by Gasteiger charge is -2.13. The first-order valence-corrected chi connectivity index (χ1v) is 11.7. The Labute approximate surface area is 197 Å². The molecule has 0 saturated carbocycles. The van der Waals surface area contributed by atoms with Crippen LogP contribution in [0.1, 0.15) is 39.1 Å². The van der Waals surface area contributed by atoms with Crippen molar-refractivity contribution in [2.75, 3.05) is 11.9 Å². The number of aromatic nitrogens is 4. The van der Waals surface area contributed by atoms with Crippen molar-refractivity contribution in [3.05, 3.63) is 71.5 Å². The van der Waals surface area contributed by atoms with E-state index in [0.717, 1.165) is 27.7 Å². The summed E-state index contributed by atoms with van der Waals surface area (Å²) in [6, 6.07) is 15.3. The first kappa shape index (κ1) is 22.7. The second-order valence-electron chi connectivity index (χ2n) is 8.59. The van der Waals surface area contributed by atoms with Gasteiger partial charge in [0, 0.05) is 28.6 Å². The molecule has 170 valence electrons. The maximum atomic E-state index is 12.9. The normalized spacial score (nSPS) is 11.4. The molecule has 3 aromatic heterocycles. The number of rotatable bonds is 7. The van der Waals surface area contributed by atoms with Gasteiger partial charge in [0.15, 0.2) is 5.82 Å². The van der Waals surface area contributed by atoms with Crippen LogP contribution >= 0.6 is 11.3 Å². The molecule has 0 atom stereocenters. The Bertz CT molecular complexity index is 1220. The summed E-state index contributed by atoms with van der Waals surface area (Å²) >= 11 is 1.52. The van der Waals surface area contributed by atoms with Gasteiger partial charge in [-0.05, 0) is 43.3 Å². The van der Waals surface area contributed by atoms with Gasteiger partial charge in [0.1, 0.15) is 16.6 Å². The van der Waals surface area contributed by atoms with Gasteiger partial charge in [0.25, 0.3) is 0 Å². The third-order valence-electron chi connectivity index (χ3n) is 4.92. The largest absolute Gasteiger partial charge is 0.494 e. The molecule has 1 aromatic carbocycles. The van der Waals surface area contributed by atoms with Crippen LogP contribution in [0.15, 0.2) is 60.1 Å². The van der Waals surface area contributed by atoms with Gasteiger partial charge in [0.2, 0.25) is 5.91 Å². The van der Waals surface area contributed by atoms with Crippen molar-refractivity contribution in [1.82, 2.24) is 19.7 Å². The molecule has 0 aliphatic heterocycles. The standard InChI is InChI=1S/C25H27N5O2S/c1-5-32-19-11-9-17(10-12-19)24-27-18(16-33-24)14-23(31)28-22-15-20(25(2,3)4)29-30(22)21-8-6-7-13-26-21/h6-13,15-16H,5,14H2,1-4H3,(H,28,31). The number of anilines is 1. The van der Waals surface area contributed by atoms with Gasteiger partial charge in [-0.2, -0.15) is 9.78 Å². The number of benzene rings is 1. The highest BCUT2D eigenvalue weighted by atomic mass is 32.1. The molecule has 0 unspecified atom stereocenters. The zero-order chi connectivity index (χ0) is 23.4. The lowest BCUT2D eigenvalue weighted by Crippen LogP contribution is -2.17. The number of carbonyl (C=O) groups is 1. The SMILES string of the molecule is CCOc1ccc(-c2nc(CC(=O)Nc3cc(C(C)(C)C)nn3-c3ccccn3)cs2)cc1. The summed E-state index contributed by atoms with van der Waals surface area (Å²) in [5.41, 5.74) is 2.43. The topological polar surface area (TPSA) is 81.9 Å². The van der Waals surface area contributed by atoms with E-state index in [4.69, 9.17) is 9.84 Å². The fraction of sp³-hybridized carbons (Fsp3) is 0.280. The number of amides is 1. The highest BCUT2D eigenvalue weighted by Gasteiger charge is 2.22. The van der Waals surface area contributed by atoms with Gasteiger partial charge >= 0.3 is 0 Å². The minimum Gasteiger partial charge on any atom is -0.494 e. The third kappa shape index (κ3) is 5.46. The van der Waals surface area contributed by atoms with E-state index >= 15 is 0 Å². The van der Waals surface area contributed by atoms with Crippen molar-refractivity contribution in [1.29, 1.82) is 0 Å². The number of carbonyl (C=O) groups excluding carboxylic acids is 1. The Hall–Kier alpha value is -3.52. The number of nitrogens with one attached hydrogen (secondary N) is 1. The first-order valence-electron chi connectivity index (χ1n) is 10.8. The van der Waals surface area contributed by atoms with E-state index < -0.39 is 0 Å². The summed E-state index contributed by atoms with van der Waals surface area (Å²) in [6.07, 6.45) is 1.88. The molecule has 1 amide bonds. The van der Waals surface area contributed by atoms with Crippen LogP contribution in [-0.4, -0.2) is 32.3 Å². The van der Waals surface area contributed by atoms with E-state index in [1.54, 1.807) is 10.9 Å². The predicted molar refractivity (Wildman–Crippen MR) is 131 cm³/mol. The molecule has 33 heavy (non-hydrogen) atoms. The zero-order valence-electron chi connectivity index (χ0n) is 19.2. The Kier molecular flexibility index (Phi) is 6.55. The molecule has 8 heteroatoms. The fourth-order valence-electron chi connectivity index (χ4n) is 3.22. The summed E-state index contributed by atoms with van der Waals surface area (Å²) in [7, 11) is 0. The molecular formula is C25H27N5O2S. The van der Waals surface area contributed by atoms with E-state index in [2.05, 4.69) is 36.1 Å². The summed E-state index contributed by atoms with van der Waals surface area (Å²) in [4.78, 5) is 21.9. The van der Waals surface area contributed by atoms with Crippen LogP contribution in [0, 0.1) is 0 Å². The second kappa shape index (κ2) is 9.54. The quantitative estimate of drug-likeness (QED) is 0.406. The molecule has 0 fully saturated rings. The fourth-order valence-corrected chi connectivity index (χ4v) is 4.05. The van der Waals surface area contributed by atoms with Gasteiger partial charge in [-0.25, -0.2) is 9.97 Å². The molecule has 4 rings (SSSR count). The number of thiazole rings is 1. The molecular weight excluding hydrogens is 434 g/mol. The molecule has 0 spiro atoms. The lowest BCUT2D eigenvalue weighted by atomic mass is 9.92. The average Bonchev–Trinajstić information content (AvgIpc) is 3.42. The third-order valence-corrected chi connectivity index (χ3v) is 5.86. The van der Waals surface area contributed by atoms with Gasteiger partial charge in [0.05, 0.1) is 24.4 Å². The summed E-state index contributed by atoms with van der Waals surface area (Å²) in [6.45, 7) is 8.84. The molecule has 0 bridgehead atoms. The van der Waals surface area contributed by atoms with Crippen molar-refractivity contribution in [2.45, 2.75) is 39.5 Å². The predicted octanol–water partition coefficient (Wildman–Crippen LogP) is 5.27. The monoisotopic (exact) mass is 461 g/mol. The minimum atomic E-state index is -0.166. The Balaban J connectivity index is 1.50. The van der Waals surface area contributed by atoms with Gasteiger partial charge in [-0.3, -0.25) is 4.79 Å². The van der Waals surface area contributed by atoms with E-state index in [1.807, 2.05) is 60.8 Å². The Morgan fingerprint density at radius 1 is 1.15 bits per heavy atom. The van der Waals surface area contributed by atoms with Crippen LogP contribution in [0.4, 0.5) is 5.82 Å². The van der Waals surface area contributed by atoms with Gasteiger partial charge < -0.3 is 10.1 Å². The van der Waals surface area contributed by atoms with Crippen molar-refractivity contribution in [2.24, 2.45) is 0 Å². The summed E-state index contributed by atoms with van der Waals surface area (Å²) < 4.78 is 7.17. The van der Waals surface area contributed by atoms with Gasteiger partial charge in [-0.1, -0.05) is 26.8 Å². The summed E-state index contributed by atoms with van der Waals surface area (Å²) in [5.74, 6) is 1.91. The second-order valence-corrected chi connectivity index (χ2v) is 9.45. The maximum Gasteiger partial charge on any atom is 0.231 e. The van der Waals surface area contributed by atoms with E-state index in [-0.39, 0.29) is 17.7 Å². The van der Waals surface area contributed by atoms with Crippen LogP contribution in [0.25, 0.3) is 16.4 Å². The highest BCUT2D eigenvalue weighted by Crippen LogP contribution is 2.27. The molecule has 0 aliphatic carbocycles. The maximum absolute atomic E-state index is 12.9. The smallest absolute Gasteiger partial charge is 0.231 e. The molecule has 1 N–H and O–H groups in total. The molecule has 0 radical (unpaired) electrons. The highest BCUT2D eigenvalue weighted by molar-refractivity contribution is 7.13. The van der Waals surface area contributed by atoms with E-state index in [1.165, 1.54) is 11.3 Å². The number of nitrogens with zero attached hydrogens (tertiary/aromatic N) is 4. The molecule has 7 nitrogen and oxygen atoms in total. The molecule has 3 heterocycles. The van der Waals surface area contributed by atoms with Gasteiger partial charge in [-0.15, -0.1) is 11.3 Å². The average molecular weight is 462 g/mol.